The van der Waals surface area contributed by atoms with E-state index in [4.69, 9.17) is 16.3 Å². The summed E-state index contributed by atoms with van der Waals surface area (Å²) in [5.74, 6) is 0.723. The average molecular weight is 533 g/mol. The Hall–Kier alpha value is -3.31. The number of halogens is 1. The van der Waals surface area contributed by atoms with Gasteiger partial charge in [-0.3, -0.25) is 9.59 Å². The number of likely N-dealkylation sites (tertiary alicyclic amines) is 1. The molecule has 3 aromatic carbocycles. The fraction of sp³-hybridized carbons (Fsp3) is 0.375. The van der Waals surface area contributed by atoms with Crippen LogP contribution in [0.15, 0.2) is 72.8 Å². The van der Waals surface area contributed by atoms with Crippen LogP contribution in [0.2, 0.25) is 5.02 Å². The normalized spacial score (nSPS) is 17.7. The molecule has 5 nitrogen and oxygen atoms in total. The first-order valence-electron chi connectivity index (χ1n) is 13.2. The number of carbonyl (C=O) groups excluding carboxylic acids is 2. The van der Waals surface area contributed by atoms with Crippen LogP contribution in [-0.2, 0) is 4.79 Å². The van der Waals surface area contributed by atoms with E-state index in [0.29, 0.717) is 24.6 Å². The van der Waals surface area contributed by atoms with Crippen LogP contribution in [0.3, 0.4) is 0 Å². The minimum Gasteiger partial charge on any atom is -0.496 e. The molecule has 0 aliphatic carbocycles. The number of carbonyl (C=O) groups is 2. The Morgan fingerprint density at radius 2 is 1.74 bits per heavy atom. The minimum atomic E-state index is -0.611. The summed E-state index contributed by atoms with van der Waals surface area (Å²) in [7, 11) is 1.63. The van der Waals surface area contributed by atoms with E-state index < -0.39 is 6.04 Å². The number of hydrogen-bond acceptors (Lipinski definition) is 3. The van der Waals surface area contributed by atoms with Crippen molar-refractivity contribution >= 4 is 23.4 Å². The maximum Gasteiger partial charge on any atom is 0.251 e. The number of hydrogen-bond donors (Lipinski definition) is 1. The Bertz CT molecular complexity index is 1290. The van der Waals surface area contributed by atoms with Crippen molar-refractivity contribution in [2.45, 2.75) is 46.1 Å². The van der Waals surface area contributed by atoms with Gasteiger partial charge in [0.15, 0.2) is 0 Å². The molecule has 38 heavy (non-hydrogen) atoms. The third-order valence-corrected chi connectivity index (χ3v) is 7.83. The van der Waals surface area contributed by atoms with Crippen molar-refractivity contribution in [2.75, 3.05) is 20.2 Å². The molecule has 1 aliphatic rings. The number of piperidine rings is 1. The van der Waals surface area contributed by atoms with Crippen molar-refractivity contribution in [3.63, 3.8) is 0 Å². The Morgan fingerprint density at radius 3 is 2.39 bits per heavy atom. The molecule has 6 heteroatoms. The van der Waals surface area contributed by atoms with Crippen LogP contribution < -0.4 is 10.1 Å². The highest BCUT2D eigenvalue weighted by Crippen LogP contribution is 2.42. The lowest BCUT2D eigenvalue weighted by atomic mass is 9.70. The van der Waals surface area contributed by atoms with Crippen LogP contribution in [0.5, 0.6) is 5.75 Å². The van der Waals surface area contributed by atoms with Crippen LogP contribution in [-0.4, -0.2) is 43.0 Å². The van der Waals surface area contributed by atoms with Crippen molar-refractivity contribution in [1.29, 1.82) is 0 Å². The molecule has 1 heterocycles. The largest absolute Gasteiger partial charge is 0.496 e. The van der Waals surface area contributed by atoms with Gasteiger partial charge in [0.1, 0.15) is 11.8 Å². The second kappa shape index (κ2) is 11.6. The second-order valence-electron chi connectivity index (χ2n) is 11.1. The predicted octanol–water partition coefficient (Wildman–Crippen LogP) is 6.81. The fourth-order valence-corrected chi connectivity index (χ4v) is 5.63. The van der Waals surface area contributed by atoms with Crippen molar-refractivity contribution < 1.29 is 14.3 Å². The molecular weight excluding hydrogens is 496 g/mol. The quantitative estimate of drug-likeness (QED) is 0.363. The smallest absolute Gasteiger partial charge is 0.251 e. The van der Waals surface area contributed by atoms with Gasteiger partial charge in [0, 0.05) is 29.2 Å². The summed E-state index contributed by atoms with van der Waals surface area (Å²) in [6.45, 7) is 9.63. The summed E-state index contributed by atoms with van der Waals surface area (Å²) >= 11 is 6.10. The van der Waals surface area contributed by atoms with E-state index in [0.717, 1.165) is 28.3 Å². The SMILES string of the molecule is COc1ccccc1-c1cccc(C(=O)N[C@@H](C(=O)N2CC[C@H](c3ccc(Cl)cc3)C(C)(C)C2)C(C)C)c1. The van der Waals surface area contributed by atoms with Gasteiger partial charge in [-0.15, -0.1) is 0 Å². The van der Waals surface area contributed by atoms with Gasteiger partial charge in [0.05, 0.1) is 7.11 Å². The van der Waals surface area contributed by atoms with Gasteiger partial charge in [-0.05, 0) is 65.1 Å². The first kappa shape index (κ1) is 27.7. The molecular formula is C32H37ClN2O3. The molecule has 2 atom stereocenters. The molecule has 0 radical (unpaired) electrons. The van der Waals surface area contributed by atoms with E-state index in [2.05, 4.69) is 31.3 Å². The van der Waals surface area contributed by atoms with Crippen molar-refractivity contribution in [3.05, 3.63) is 88.9 Å². The van der Waals surface area contributed by atoms with E-state index in [9.17, 15) is 9.59 Å². The lowest BCUT2D eigenvalue weighted by molar-refractivity contribution is -0.137. The molecule has 2 amide bonds. The first-order chi connectivity index (χ1) is 18.1. The number of nitrogens with zero attached hydrogens (tertiary/aromatic N) is 1. The van der Waals surface area contributed by atoms with Gasteiger partial charge in [0.25, 0.3) is 5.91 Å². The van der Waals surface area contributed by atoms with Gasteiger partial charge in [-0.25, -0.2) is 0 Å². The number of rotatable bonds is 7. The van der Waals surface area contributed by atoms with Gasteiger partial charge in [0.2, 0.25) is 5.91 Å². The Labute approximate surface area is 231 Å². The number of ether oxygens (including phenoxy) is 1. The average Bonchev–Trinajstić information content (AvgIpc) is 2.91. The van der Waals surface area contributed by atoms with Gasteiger partial charge in [-0.2, -0.15) is 0 Å². The number of amides is 2. The van der Waals surface area contributed by atoms with Crippen molar-refractivity contribution in [1.82, 2.24) is 10.2 Å². The lowest BCUT2D eigenvalue weighted by Crippen LogP contribution is -2.55. The summed E-state index contributed by atoms with van der Waals surface area (Å²) in [6.07, 6.45) is 0.861. The number of methoxy groups -OCH3 is 1. The molecule has 4 rings (SSSR count). The lowest BCUT2D eigenvalue weighted by Gasteiger charge is -2.45. The molecule has 1 saturated heterocycles. The molecule has 200 valence electrons. The molecule has 1 fully saturated rings. The van der Waals surface area contributed by atoms with E-state index in [-0.39, 0.29) is 23.1 Å². The Kier molecular flexibility index (Phi) is 8.47. The van der Waals surface area contributed by atoms with Crippen LogP contribution >= 0.6 is 11.6 Å². The summed E-state index contributed by atoms with van der Waals surface area (Å²) < 4.78 is 5.50. The Morgan fingerprint density at radius 1 is 1.03 bits per heavy atom. The molecule has 0 aromatic heterocycles. The van der Waals surface area contributed by atoms with E-state index in [1.807, 2.05) is 73.3 Å². The summed E-state index contributed by atoms with van der Waals surface area (Å²) in [4.78, 5) is 29.0. The predicted molar refractivity (Wildman–Crippen MR) is 154 cm³/mol. The minimum absolute atomic E-state index is 0.0307. The van der Waals surface area contributed by atoms with Gasteiger partial charge >= 0.3 is 0 Å². The summed E-state index contributed by atoms with van der Waals surface area (Å²) in [6, 6.07) is 22.6. The molecule has 1 aliphatic heterocycles. The number of nitrogens with one attached hydrogen (secondary N) is 1. The summed E-state index contributed by atoms with van der Waals surface area (Å²) in [5.41, 5.74) is 3.43. The highest BCUT2D eigenvalue weighted by Gasteiger charge is 2.40. The highest BCUT2D eigenvalue weighted by atomic mass is 35.5. The highest BCUT2D eigenvalue weighted by molar-refractivity contribution is 6.30. The zero-order valence-corrected chi connectivity index (χ0v) is 23.6. The van der Waals surface area contributed by atoms with E-state index in [1.54, 1.807) is 13.2 Å². The molecule has 3 aromatic rings. The standard InChI is InChI=1S/C32H37ClN2O3/c1-21(2)29(31(37)35-18-17-27(32(3,4)20-35)22-13-15-25(33)16-14-22)34-30(36)24-10-8-9-23(19-24)26-11-6-7-12-28(26)38-5/h6-16,19,21,27,29H,17-18,20H2,1-5H3,(H,34,36)/t27-,29-/m1/s1. The molecule has 0 saturated carbocycles. The van der Waals surface area contributed by atoms with Crippen molar-refractivity contribution in [3.8, 4) is 16.9 Å². The zero-order chi connectivity index (χ0) is 27.4. The maximum atomic E-state index is 13.7. The number of para-hydroxylation sites is 1. The zero-order valence-electron chi connectivity index (χ0n) is 22.8. The molecule has 0 bridgehead atoms. The topological polar surface area (TPSA) is 58.6 Å². The maximum absolute atomic E-state index is 13.7. The molecule has 0 spiro atoms. The van der Waals surface area contributed by atoms with Crippen LogP contribution in [0.4, 0.5) is 0 Å². The van der Waals surface area contributed by atoms with Crippen LogP contribution in [0.1, 0.15) is 56.0 Å². The third kappa shape index (κ3) is 6.05. The monoisotopic (exact) mass is 532 g/mol. The number of benzene rings is 3. The first-order valence-corrected chi connectivity index (χ1v) is 13.6. The van der Waals surface area contributed by atoms with Crippen LogP contribution in [0.25, 0.3) is 11.1 Å². The fourth-order valence-electron chi connectivity index (χ4n) is 5.50. The van der Waals surface area contributed by atoms with Crippen molar-refractivity contribution in [2.24, 2.45) is 11.3 Å². The van der Waals surface area contributed by atoms with Crippen LogP contribution in [0, 0.1) is 11.3 Å². The summed E-state index contributed by atoms with van der Waals surface area (Å²) in [5, 5.41) is 3.76. The van der Waals surface area contributed by atoms with E-state index >= 15 is 0 Å². The molecule has 0 unspecified atom stereocenters. The van der Waals surface area contributed by atoms with E-state index in [1.165, 1.54) is 5.56 Å². The second-order valence-corrected chi connectivity index (χ2v) is 11.6. The van der Waals surface area contributed by atoms with Gasteiger partial charge in [-0.1, -0.05) is 81.8 Å². The Balaban J connectivity index is 1.49. The third-order valence-electron chi connectivity index (χ3n) is 7.58. The van der Waals surface area contributed by atoms with Gasteiger partial charge < -0.3 is 15.0 Å². The molecule has 1 N–H and O–H groups in total.